The van der Waals surface area contributed by atoms with Gasteiger partial charge in [-0.25, -0.2) is 0 Å². The number of hydrogen-bond acceptors (Lipinski definition) is 4. The number of likely N-dealkylation sites (N-methyl/N-ethyl adjacent to an activating group) is 1. The first kappa shape index (κ1) is 14.5. The molecular weight excluding hydrogens is 232 g/mol. The van der Waals surface area contributed by atoms with Gasteiger partial charge >= 0.3 is 0 Å². The number of nitrogens with two attached hydrogens (primary N) is 1. The Kier molecular flexibility index (Phi) is 5.61. The summed E-state index contributed by atoms with van der Waals surface area (Å²) < 4.78 is 4.92. The van der Waals surface area contributed by atoms with Crippen molar-refractivity contribution in [2.45, 2.75) is 18.9 Å². The van der Waals surface area contributed by atoms with Crippen LogP contribution < -0.4 is 10.6 Å². The molecule has 0 aromatic heterocycles. The maximum Gasteiger partial charge on any atom is 0.243 e. The Morgan fingerprint density at radius 3 is 2.89 bits per heavy atom. The minimum absolute atomic E-state index is 0.125. The molecule has 5 heteroatoms. The zero-order chi connectivity index (χ0) is 13.5. The monoisotopic (exact) mass is 252 g/mol. The van der Waals surface area contributed by atoms with Crippen molar-refractivity contribution in [3.8, 4) is 5.75 Å². The molecule has 1 atom stereocenters. The highest BCUT2D eigenvalue weighted by atomic mass is 16.5. The Bertz CT molecular complexity index is 396. The maximum atomic E-state index is 12.0. The molecule has 0 radical (unpaired) electrons. The number of benzene rings is 1. The van der Waals surface area contributed by atoms with Gasteiger partial charge < -0.3 is 20.5 Å². The van der Waals surface area contributed by atoms with Crippen LogP contribution in [0.2, 0.25) is 0 Å². The quantitative estimate of drug-likeness (QED) is 0.744. The lowest BCUT2D eigenvalue weighted by Gasteiger charge is -2.21. The number of phenols is 1. The van der Waals surface area contributed by atoms with Gasteiger partial charge in [0.25, 0.3) is 0 Å². The molecule has 0 fully saturated rings. The molecule has 0 heterocycles. The number of amides is 1. The van der Waals surface area contributed by atoms with E-state index in [2.05, 4.69) is 0 Å². The number of methoxy groups -OCH3 is 1. The predicted octanol–water partition coefficient (Wildman–Crippen LogP) is 1.11. The van der Waals surface area contributed by atoms with E-state index in [-0.39, 0.29) is 11.7 Å². The highest BCUT2D eigenvalue weighted by Crippen LogP contribution is 2.19. The van der Waals surface area contributed by atoms with Gasteiger partial charge in [-0.2, -0.15) is 0 Å². The zero-order valence-corrected chi connectivity index (χ0v) is 10.8. The molecule has 0 bridgehead atoms. The van der Waals surface area contributed by atoms with Crippen molar-refractivity contribution in [3.05, 3.63) is 24.3 Å². The fourth-order valence-electron chi connectivity index (χ4n) is 1.65. The summed E-state index contributed by atoms with van der Waals surface area (Å²) in [5, 5.41) is 9.37. The number of hydrogen-bond donors (Lipinski definition) is 2. The van der Waals surface area contributed by atoms with Crippen LogP contribution in [0.5, 0.6) is 5.75 Å². The smallest absolute Gasteiger partial charge is 0.243 e. The Labute approximate surface area is 107 Å². The number of ether oxygens (including phenoxy) is 1. The fraction of sp³-hybridized carbons (Fsp3) is 0.462. The number of anilines is 1. The van der Waals surface area contributed by atoms with E-state index in [1.807, 2.05) is 0 Å². The summed E-state index contributed by atoms with van der Waals surface area (Å²) in [7, 11) is 3.26. The van der Waals surface area contributed by atoms with Gasteiger partial charge in [-0.3, -0.25) is 4.79 Å². The van der Waals surface area contributed by atoms with Gasteiger partial charge in [0, 0.05) is 32.5 Å². The van der Waals surface area contributed by atoms with Crippen molar-refractivity contribution in [2.24, 2.45) is 5.73 Å². The molecular formula is C13H20N2O3. The molecule has 1 aromatic carbocycles. The number of carbonyl (C=O) groups is 1. The van der Waals surface area contributed by atoms with E-state index in [0.29, 0.717) is 18.7 Å². The molecule has 0 saturated carbocycles. The van der Waals surface area contributed by atoms with Crippen LogP contribution in [0.15, 0.2) is 24.3 Å². The molecule has 1 unspecified atom stereocenters. The van der Waals surface area contributed by atoms with Crippen molar-refractivity contribution in [2.75, 3.05) is 25.7 Å². The van der Waals surface area contributed by atoms with Crippen LogP contribution in [-0.2, 0) is 9.53 Å². The van der Waals surface area contributed by atoms with Gasteiger partial charge in [-0.05, 0) is 25.0 Å². The van der Waals surface area contributed by atoms with Crippen molar-refractivity contribution in [3.63, 3.8) is 0 Å². The predicted molar refractivity (Wildman–Crippen MR) is 70.6 cm³/mol. The highest BCUT2D eigenvalue weighted by molar-refractivity contribution is 5.96. The minimum Gasteiger partial charge on any atom is -0.508 e. The summed E-state index contributed by atoms with van der Waals surface area (Å²) in [6.45, 7) is 0.594. The van der Waals surface area contributed by atoms with E-state index in [1.165, 1.54) is 11.0 Å². The summed E-state index contributed by atoms with van der Waals surface area (Å²) in [5.41, 5.74) is 6.45. The molecule has 18 heavy (non-hydrogen) atoms. The Balaban J connectivity index is 2.60. The van der Waals surface area contributed by atoms with Crippen molar-refractivity contribution in [1.82, 2.24) is 0 Å². The average Bonchev–Trinajstić information content (AvgIpc) is 2.37. The number of phenolic OH excluding ortho intramolecular Hbond substituents is 1. The maximum absolute atomic E-state index is 12.0. The van der Waals surface area contributed by atoms with Gasteiger partial charge in [-0.1, -0.05) is 6.07 Å². The van der Waals surface area contributed by atoms with E-state index in [0.717, 1.165) is 6.42 Å². The SMILES string of the molecule is COCCCC(N)C(=O)N(C)c1cccc(O)c1. The first-order valence-electron chi connectivity index (χ1n) is 5.87. The second-order valence-electron chi connectivity index (χ2n) is 4.16. The number of carbonyl (C=O) groups excluding carboxylic acids is 1. The zero-order valence-electron chi connectivity index (χ0n) is 10.8. The highest BCUT2D eigenvalue weighted by Gasteiger charge is 2.18. The fourth-order valence-corrected chi connectivity index (χ4v) is 1.65. The summed E-state index contributed by atoms with van der Waals surface area (Å²) in [6, 6.07) is 5.97. The third kappa shape index (κ3) is 4.01. The number of rotatable bonds is 6. The number of nitrogens with zero attached hydrogens (tertiary/aromatic N) is 1. The molecule has 0 spiro atoms. The molecule has 0 aliphatic rings. The van der Waals surface area contributed by atoms with Gasteiger partial charge in [0.2, 0.25) is 5.91 Å². The van der Waals surface area contributed by atoms with Crippen LogP contribution >= 0.6 is 0 Å². The third-order valence-electron chi connectivity index (χ3n) is 2.73. The van der Waals surface area contributed by atoms with E-state index < -0.39 is 6.04 Å². The lowest BCUT2D eigenvalue weighted by Crippen LogP contribution is -2.42. The average molecular weight is 252 g/mol. The van der Waals surface area contributed by atoms with Crippen LogP contribution in [0.3, 0.4) is 0 Å². The molecule has 0 saturated heterocycles. The lowest BCUT2D eigenvalue weighted by atomic mass is 10.1. The molecule has 100 valence electrons. The summed E-state index contributed by atoms with van der Waals surface area (Å²) >= 11 is 0. The topological polar surface area (TPSA) is 75.8 Å². The normalized spacial score (nSPS) is 12.2. The Hall–Kier alpha value is -1.59. The molecule has 5 nitrogen and oxygen atoms in total. The largest absolute Gasteiger partial charge is 0.508 e. The standard InChI is InChI=1S/C13H20N2O3/c1-15(10-5-3-6-11(16)9-10)13(17)12(14)7-4-8-18-2/h3,5-6,9,12,16H,4,7-8,14H2,1-2H3. The molecule has 1 rings (SSSR count). The summed E-state index contributed by atoms with van der Waals surface area (Å²) in [5.74, 6) is -0.0446. The van der Waals surface area contributed by atoms with Crippen LogP contribution in [0.4, 0.5) is 5.69 Å². The number of aromatic hydroxyl groups is 1. The molecule has 1 amide bonds. The van der Waals surface area contributed by atoms with Crippen LogP contribution in [0.1, 0.15) is 12.8 Å². The Morgan fingerprint density at radius 1 is 1.56 bits per heavy atom. The second kappa shape index (κ2) is 6.98. The van der Waals surface area contributed by atoms with Gasteiger partial charge in [0.05, 0.1) is 6.04 Å². The summed E-state index contributed by atoms with van der Waals surface area (Å²) in [6.07, 6.45) is 1.33. The molecule has 3 N–H and O–H groups in total. The van der Waals surface area contributed by atoms with Crippen molar-refractivity contribution >= 4 is 11.6 Å². The van der Waals surface area contributed by atoms with E-state index in [9.17, 15) is 9.90 Å². The molecule has 1 aromatic rings. The van der Waals surface area contributed by atoms with E-state index in [4.69, 9.17) is 10.5 Å². The van der Waals surface area contributed by atoms with Gasteiger partial charge in [-0.15, -0.1) is 0 Å². The van der Waals surface area contributed by atoms with Crippen LogP contribution in [0.25, 0.3) is 0 Å². The van der Waals surface area contributed by atoms with Gasteiger partial charge in [0.15, 0.2) is 0 Å². The first-order chi connectivity index (χ1) is 8.56. The van der Waals surface area contributed by atoms with Gasteiger partial charge in [0.1, 0.15) is 5.75 Å². The van der Waals surface area contributed by atoms with Crippen molar-refractivity contribution < 1.29 is 14.6 Å². The van der Waals surface area contributed by atoms with Crippen LogP contribution in [-0.4, -0.2) is 37.8 Å². The molecule has 0 aliphatic carbocycles. The Morgan fingerprint density at radius 2 is 2.28 bits per heavy atom. The lowest BCUT2D eigenvalue weighted by molar-refractivity contribution is -0.119. The van der Waals surface area contributed by atoms with E-state index >= 15 is 0 Å². The summed E-state index contributed by atoms with van der Waals surface area (Å²) in [4.78, 5) is 13.5. The first-order valence-corrected chi connectivity index (χ1v) is 5.87. The van der Waals surface area contributed by atoms with Crippen LogP contribution in [0, 0.1) is 0 Å². The third-order valence-corrected chi connectivity index (χ3v) is 2.73. The minimum atomic E-state index is -0.549. The molecule has 0 aliphatic heterocycles. The second-order valence-corrected chi connectivity index (χ2v) is 4.16. The van der Waals surface area contributed by atoms with Crippen molar-refractivity contribution in [1.29, 1.82) is 0 Å². The van der Waals surface area contributed by atoms with E-state index in [1.54, 1.807) is 32.4 Å².